The quantitative estimate of drug-likeness (QED) is 0.676. The van der Waals surface area contributed by atoms with Crippen LogP contribution in [-0.4, -0.2) is 17.8 Å². The molecule has 2 heteroatoms. The van der Waals surface area contributed by atoms with Gasteiger partial charge in [-0.3, -0.25) is 0 Å². The van der Waals surface area contributed by atoms with Crippen LogP contribution in [-0.2, 0) is 0 Å². The Hall–Kier alpha value is -0.0800. The van der Waals surface area contributed by atoms with Gasteiger partial charge < -0.3 is 10.8 Å². The maximum atomic E-state index is 8.79. The summed E-state index contributed by atoms with van der Waals surface area (Å²) in [6.45, 7) is 2.47. The van der Waals surface area contributed by atoms with E-state index in [1.165, 1.54) is 25.7 Å². The van der Waals surface area contributed by atoms with Crippen molar-refractivity contribution in [3.63, 3.8) is 0 Å². The lowest BCUT2D eigenvalue weighted by Crippen LogP contribution is -2.28. The molecule has 1 atom stereocenters. The minimum Gasteiger partial charge on any atom is -0.395 e. The molecule has 0 saturated heterocycles. The largest absolute Gasteiger partial charge is 0.395 e. The summed E-state index contributed by atoms with van der Waals surface area (Å²) in [6.07, 6.45) is 6.35. The standard InChI is InChI=1S/C10H21NO/c1-8-2-4-9(5-3-8)6-10(11)7-12/h8-10,12H,2-7,11H2,1H3. The monoisotopic (exact) mass is 171 g/mol. The fraction of sp³-hybridized carbons (Fsp3) is 1.00. The lowest BCUT2D eigenvalue weighted by atomic mass is 9.80. The third-order valence-electron chi connectivity index (χ3n) is 3.01. The molecule has 1 aliphatic rings. The number of rotatable bonds is 3. The Morgan fingerprint density at radius 3 is 2.42 bits per heavy atom. The second kappa shape index (κ2) is 4.83. The van der Waals surface area contributed by atoms with Gasteiger partial charge in [-0.25, -0.2) is 0 Å². The first-order chi connectivity index (χ1) is 5.72. The smallest absolute Gasteiger partial charge is 0.0582 e. The molecule has 1 unspecified atom stereocenters. The molecule has 12 heavy (non-hydrogen) atoms. The third-order valence-corrected chi connectivity index (χ3v) is 3.01. The summed E-state index contributed by atoms with van der Waals surface area (Å²) in [5.74, 6) is 1.69. The molecule has 0 heterocycles. The van der Waals surface area contributed by atoms with Crippen LogP contribution >= 0.6 is 0 Å². The minimum absolute atomic E-state index is 0.0170. The van der Waals surface area contributed by atoms with Crippen molar-refractivity contribution in [3.8, 4) is 0 Å². The van der Waals surface area contributed by atoms with E-state index in [4.69, 9.17) is 10.8 Å². The normalized spacial score (nSPS) is 33.2. The Morgan fingerprint density at radius 1 is 1.33 bits per heavy atom. The second-order valence-corrected chi connectivity index (χ2v) is 4.30. The fourth-order valence-corrected chi connectivity index (χ4v) is 2.07. The molecule has 3 N–H and O–H groups in total. The van der Waals surface area contributed by atoms with Gasteiger partial charge in [0.1, 0.15) is 0 Å². The average molecular weight is 171 g/mol. The fourth-order valence-electron chi connectivity index (χ4n) is 2.07. The van der Waals surface area contributed by atoms with Crippen molar-refractivity contribution in [2.24, 2.45) is 17.6 Å². The van der Waals surface area contributed by atoms with Crippen LogP contribution in [0.1, 0.15) is 39.0 Å². The summed E-state index contributed by atoms with van der Waals surface area (Å²) >= 11 is 0. The van der Waals surface area contributed by atoms with Crippen molar-refractivity contribution >= 4 is 0 Å². The summed E-state index contributed by atoms with van der Waals surface area (Å²) in [7, 11) is 0. The summed E-state index contributed by atoms with van der Waals surface area (Å²) < 4.78 is 0. The minimum atomic E-state index is 0.0170. The van der Waals surface area contributed by atoms with Gasteiger partial charge >= 0.3 is 0 Å². The third kappa shape index (κ3) is 3.11. The van der Waals surface area contributed by atoms with Gasteiger partial charge in [-0.1, -0.05) is 32.6 Å². The van der Waals surface area contributed by atoms with Gasteiger partial charge in [0, 0.05) is 6.04 Å². The highest BCUT2D eigenvalue weighted by molar-refractivity contribution is 4.73. The van der Waals surface area contributed by atoms with Crippen LogP contribution in [0.15, 0.2) is 0 Å². The SMILES string of the molecule is CC1CCC(CC(N)CO)CC1. The molecule has 1 rings (SSSR count). The van der Waals surface area contributed by atoms with E-state index in [2.05, 4.69) is 6.92 Å². The molecule has 72 valence electrons. The summed E-state index contributed by atoms with van der Waals surface area (Å²) in [6, 6.07) is 0.0170. The van der Waals surface area contributed by atoms with Gasteiger partial charge in [0.05, 0.1) is 6.61 Å². The van der Waals surface area contributed by atoms with Gasteiger partial charge in [-0.05, 0) is 18.3 Å². The Balaban J connectivity index is 2.17. The summed E-state index contributed by atoms with van der Waals surface area (Å²) in [4.78, 5) is 0. The van der Waals surface area contributed by atoms with Crippen LogP contribution in [0.25, 0.3) is 0 Å². The van der Waals surface area contributed by atoms with Crippen LogP contribution < -0.4 is 5.73 Å². The van der Waals surface area contributed by atoms with Gasteiger partial charge in [-0.2, -0.15) is 0 Å². The molecule has 0 spiro atoms. The van der Waals surface area contributed by atoms with E-state index < -0.39 is 0 Å². The second-order valence-electron chi connectivity index (χ2n) is 4.30. The molecule has 1 saturated carbocycles. The molecule has 0 amide bonds. The molecule has 0 aliphatic heterocycles. The first kappa shape index (κ1) is 10.0. The summed E-state index contributed by atoms with van der Waals surface area (Å²) in [5, 5.41) is 8.79. The van der Waals surface area contributed by atoms with Gasteiger partial charge in [0.25, 0.3) is 0 Å². The Bertz CT molecular complexity index is 119. The van der Waals surface area contributed by atoms with Crippen LogP contribution in [0.3, 0.4) is 0 Å². The highest BCUT2D eigenvalue weighted by Crippen LogP contribution is 2.30. The van der Waals surface area contributed by atoms with Crippen LogP contribution in [0.5, 0.6) is 0 Å². The maximum absolute atomic E-state index is 8.79. The Labute approximate surface area is 75.2 Å². The zero-order valence-corrected chi connectivity index (χ0v) is 8.00. The van der Waals surface area contributed by atoms with Crippen molar-refractivity contribution in [1.82, 2.24) is 0 Å². The van der Waals surface area contributed by atoms with E-state index in [0.29, 0.717) is 0 Å². The molecule has 0 radical (unpaired) electrons. The van der Waals surface area contributed by atoms with Crippen molar-refractivity contribution in [2.45, 2.75) is 45.1 Å². The highest BCUT2D eigenvalue weighted by Gasteiger charge is 2.19. The summed E-state index contributed by atoms with van der Waals surface area (Å²) in [5.41, 5.74) is 5.69. The number of hydrogen-bond donors (Lipinski definition) is 2. The van der Waals surface area contributed by atoms with Crippen molar-refractivity contribution in [3.05, 3.63) is 0 Å². The lowest BCUT2D eigenvalue weighted by Gasteiger charge is -2.27. The van der Waals surface area contributed by atoms with E-state index >= 15 is 0 Å². The molecule has 1 fully saturated rings. The predicted octanol–water partition coefficient (Wildman–Crippen LogP) is 1.52. The van der Waals surface area contributed by atoms with Gasteiger partial charge in [-0.15, -0.1) is 0 Å². The van der Waals surface area contributed by atoms with Crippen LogP contribution in [0.4, 0.5) is 0 Å². The van der Waals surface area contributed by atoms with Gasteiger partial charge in [0.15, 0.2) is 0 Å². The highest BCUT2D eigenvalue weighted by atomic mass is 16.3. The molecule has 0 aromatic heterocycles. The van der Waals surface area contributed by atoms with E-state index in [9.17, 15) is 0 Å². The Morgan fingerprint density at radius 2 is 1.92 bits per heavy atom. The number of nitrogens with two attached hydrogens (primary N) is 1. The molecular formula is C10H21NO. The molecule has 2 nitrogen and oxygen atoms in total. The molecule has 0 bridgehead atoms. The van der Waals surface area contributed by atoms with E-state index in [1.807, 2.05) is 0 Å². The molecular weight excluding hydrogens is 150 g/mol. The zero-order chi connectivity index (χ0) is 8.97. The number of aliphatic hydroxyl groups is 1. The van der Waals surface area contributed by atoms with Crippen LogP contribution in [0.2, 0.25) is 0 Å². The average Bonchev–Trinajstić information content (AvgIpc) is 2.09. The number of aliphatic hydroxyl groups excluding tert-OH is 1. The first-order valence-electron chi connectivity index (χ1n) is 5.08. The number of hydrogen-bond acceptors (Lipinski definition) is 2. The van der Waals surface area contributed by atoms with E-state index in [1.54, 1.807) is 0 Å². The molecule has 1 aliphatic carbocycles. The molecule has 0 aromatic rings. The topological polar surface area (TPSA) is 46.2 Å². The Kier molecular flexibility index (Phi) is 4.02. The first-order valence-corrected chi connectivity index (χ1v) is 5.08. The predicted molar refractivity (Wildman–Crippen MR) is 50.8 cm³/mol. The van der Waals surface area contributed by atoms with Gasteiger partial charge in [0.2, 0.25) is 0 Å². The van der Waals surface area contributed by atoms with E-state index in [0.717, 1.165) is 18.3 Å². The lowest BCUT2D eigenvalue weighted by molar-refractivity contribution is 0.213. The van der Waals surface area contributed by atoms with Crippen molar-refractivity contribution < 1.29 is 5.11 Å². The zero-order valence-electron chi connectivity index (χ0n) is 8.00. The van der Waals surface area contributed by atoms with Crippen LogP contribution in [0, 0.1) is 11.8 Å². The molecule has 0 aromatic carbocycles. The van der Waals surface area contributed by atoms with Crippen molar-refractivity contribution in [1.29, 1.82) is 0 Å². The maximum Gasteiger partial charge on any atom is 0.0582 e. The van der Waals surface area contributed by atoms with Crippen molar-refractivity contribution in [2.75, 3.05) is 6.61 Å². The van der Waals surface area contributed by atoms with E-state index in [-0.39, 0.29) is 12.6 Å².